The van der Waals surface area contributed by atoms with Gasteiger partial charge in [-0.2, -0.15) is 0 Å². The van der Waals surface area contributed by atoms with Crippen LogP contribution in [0.4, 0.5) is 0 Å². The minimum atomic E-state index is 0.448. The van der Waals surface area contributed by atoms with E-state index in [2.05, 4.69) is 22.4 Å². The van der Waals surface area contributed by atoms with Gasteiger partial charge < -0.3 is 15.5 Å². The lowest BCUT2D eigenvalue weighted by Gasteiger charge is -2.32. The second kappa shape index (κ2) is 5.31. The van der Waals surface area contributed by atoms with Gasteiger partial charge in [0.05, 0.1) is 0 Å². The van der Waals surface area contributed by atoms with Crippen LogP contribution in [0, 0.1) is 12.8 Å². The first-order valence-corrected chi connectivity index (χ1v) is 7.03. The maximum atomic E-state index is 5.77. The van der Waals surface area contributed by atoms with Gasteiger partial charge in [0.15, 0.2) is 11.5 Å². The molecule has 1 aliphatic rings. The van der Waals surface area contributed by atoms with Gasteiger partial charge in [-0.3, -0.25) is 0 Å². The third-order valence-corrected chi connectivity index (χ3v) is 3.86. The molecule has 0 amide bonds. The van der Waals surface area contributed by atoms with Crippen LogP contribution < -0.4 is 11.1 Å². The maximum absolute atomic E-state index is 5.77. The molecule has 1 fully saturated rings. The summed E-state index contributed by atoms with van der Waals surface area (Å²) < 4.78 is 5.55. The van der Waals surface area contributed by atoms with E-state index < -0.39 is 0 Å². The molecule has 0 unspecified atom stereocenters. The molecule has 4 nitrogen and oxygen atoms in total. The summed E-state index contributed by atoms with van der Waals surface area (Å²) in [4.78, 5) is 4.31. The highest BCUT2D eigenvalue weighted by molar-refractivity contribution is 5.73. The van der Waals surface area contributed by atoms with Crippen molar-refractivity contribution in [3.63, 3.8) is 0 Å². The first kappa shape index (κ1) is 12.6. The summed E-state index contributed by atoms with van der Waals surface area (Å²) in [7, 11) is 0. The summed E-state index contributed by atoms with van der Waals surface area (Å²) in [6.07, 6.45) is 3.38. The standard InChI is InChI=1S/C15H21N3O/c1-10-18-14-3-2-11(8-15(14)19-10)4-5-17-9-12-6-13(16)7-12/h2-3,8,12-13,17H,4-7,9,16H2,1H3. The van der Waals surface area contributed by atoms with Gasteiger partial charge in [0, 0.05) is 13.0 Å². The van der Waals surface area contributed by atoms with Crippen molar-refractivity contribution < 1.29 is 4.42 Å². The molecule has 1 aliphatic carbocycles. The number of rotatable bonds is 5. The van der Waals surface area contributed by atoms with E-state index in [0.29, 0.717) is 6.04 Å². The van der Waals surface area contributed by atoms with Crippen molar-refractivity contribution >= 4 is 11.1 Å². The zero-order valence-electron chi connectivity index (χ0n) is 11.4. The zero-order valence-corrected chi connectivity index (χ0v) is 11.4. The van der Waals surface area contributed by atoms with Crippen molar-refractivity contribution in [2.24, 2.45) is 11.7 Å². The summed E-state index contributed by atoms with van der Waals surface area (Å²) in [5, 5.41) is 3.51. The van der Waals surface area contributed by atoms with Crippen LogP contribution in [0.3, 0.4) is 0 Å². The topological polar surface area (TPSA) is 64.1 Å². The Morgan fingerprint density at radius 2 is 2.26 bits per heavy atom. The van der Waals surface area contributed by atoms with E-state index >= 15 is 0 Å². The molecule has 3 rings (SSSR count). The number of fused-ring (bicyclic) bond motifs is 1. The molecule has 0 saturated heterocycles. The second-order valence-corrected chi connectivity index (χ2v) is 5.59. The minimum absolute atomic E-state index is 0.448. The SMILES string of the molecule is Cc1nc2ccc(CCNCC3CC(N)C3)cc2o1. The highest BCUT2D eigenvalue weighted by Crippen LogP contribution is 2.24. The predicted octanol–water partition coefficient (Wildman–Crippen LogP) is 2.01. The van der Waals surface area contributed by atoms with Crippen LogP contribution in [0.2, 0.25) is 0 Å². The predicted molar refractivity (Wildman–Crippen MR) is 76.0 cm³/mol. The molecule has 1 saturated carbocycles. The molecule has 0 bridgehead atoms. The Balaban J connectivity index is 1.48. The fourth-order valence-electron chi connectivity index (χ4n) is 2.73. The molecular formula is C15H21N3O. The average molecular weight is 259 g/mol. The smallest absolute Gasteiger partial charge is 0.192 e. The van der Waals surface area contributed by atoms with Crippen LogP contribution >= 0.6 is 0 Å². The molecule has 0 atom stereocenters. The van der Waals surface area contributed by atoms with E-state index in [-0.39, 0.29) is 0 Å². The molecule has 3 N–H and O–H groups in total. The van der Waals surface area contributed by atoms with E-state index in [1.54, 1.807) is 0 Å². The van der Waals surface area contributed by atoms with Gasteiger partial charge in [0.1, 0.15) is 5.52 Å². The van der Waals surface area contributed by atoms with E-state index in [0.717, 1.165) is 42.4 Å². The number of hydrogen-bond acceptors (Lipinski definition) is 4. The average Bonchev–Trinajstić information content (AvgIpc) is 2.71. The number of aryl methyl sites for hydroxylation is 1. The molecule has 0 radical (unpaired) electrons. The fourth-order valence-corrected chi connectivity index (χ4v) is 2.73. The Morgan fingerprint density at radius 3 is 3.05 bits per heavy atom. The summed E-state index contributed by atoms with van der Waals surface area (Å²) in [6.45, 7) is 3.98. The Labute approximate surface area is 113 Å². The fraction of sp³-hybridized carbons (Fsp3) is 0.533. The van der Waals surface area contributed by atoms with Crippen molar-refractivity contribution in [3.05, 3.63) is 29.7 Å². The molecule has 1 aromatic heterocycles. The summed E-state index contributed by atoms with van der Waals surface area (Å²) in [6, 6.07) is 6.71. The highest BCUT2D eigenvalue weighted by atomic mass is 16.3. The number of benzene rings is 1. The van der Waals surface area contributed by atoms with Gasteiger partial charge in [0.25, 0.3) is 0 Å². The minimum Gasteiger partial charge on any atom is -0.441 e. The number of nitrogens with one attached hydrogen (secondary N) is 1. The maximum Gasteiger partial charge on any atom is 0.192 e. The van der Waals surface area contributed by atoms with Crippen molar-refractivity contribution in [2.75, 3.05) is 13.1 Å². The van der Waals surface area contributed by atoms with Gasteiger partial charge in [-0.05, 0) is 56.0 Å². The van der Waals surface area contributed by atoms with Gasteiger partial charge in [-0.1, -0.05) is 6.07 Å². The van der Waals surface area contributed by atoms with Crippen LogP contribution in [-0.2, 0) is 6.42 Å². The number of aromatic nitrogens is 1. The Bertz CT molecular complexity index is 558. The quantitative estimate of drug-likeness (QED) is 0.806. The van der Waals surface area contributed by atoms with E-state index in [1.807, 2.05) is 13.0 Å². The molecular weight excluding hydrogens is 238 g/mol. The first-order chi connectivity index (χ1) is 9.20. The summed E-state index contributed by atoms with van der Waals surface area (Å²) in [5.41, 5.74) is 8.90. The highest BCUT2D eigenvalue weighted by Gasteiger charge is 2.24. The van der Waals surface area contributed by atoms with Crippen molar-refractivity contribution in [3.8, 4) is 0 Å². The monoisotopic (exact) mass is 259 g/mol. The Morgan fingerprint density at radius 1 is 1.42 bits per heavy atom. The van der Waals surface area contributed by atoms with Crippen LogP contribution in [0.25, 0.3) is 11.1 Å². The number of nitrogens with zero attached hydrogens (tertiary/aromatic N) is 1. The van der Waals surface area contributed by atoms with Crippen LogP contribution in [0.5, 0.6) is 0 Å². The van der Waals surface area contributed by atoms with Gasteiger partial charge in [-0.25, -0.2) is 4.98 Å². The molecule has 102 valence electrons. The lowest BCUT2D eigenvalue weighted by Crippen LogP contribution is -2.41. The molecule has 1 aromatic carbocycles. The third kappa shape index (κ3) is 2.96. The number of hydrogen-bond donors (Lipinski definition) is 2. The third-order valence-electron chi connectivity index (χ3n) is 3.86. The molecule has 0 spiro atoms. The van der Waals surface area contributed by atoms with Crippen molar-refractivity contribution in [1.82, 2.24) is 10.3 Å². The molecule has 0 aliphatic heterocycles. The lowest BCUT2D eigenvalue weighted by atomic mass is 9.81. The van der Waals surface area contributed by atoms with Gasteiger partial charge >= 0.3 is 0 Å². The zero-order chi connectivity index (χ0) is 13.2. The van der Waals surface area contributed by atoms with E-state index in [9.17, 15) is 0 Å². The van der Waals surface area contributed by atoms with Crippen molar-refractivity contribution in [2.45, 2.75) is 32.2 Å². The Hall–Kier alpha value is -1.39. The van der Waals surface area contributed by atoms with Crippen molar-refractivity contribution in [1.29, 1.82) is 0 Å². The summed E-state index contributed by atoms with van der Waals surface area (Å²) >= 11 is 0. The van der Waals surface area contributed by atoms with Gasteiger partial charge in [0.2, 0.25) is 0 Å². The van der Waals surface area contributed by atoms with Gasteiger partial charge in [-0.15, -0.1) is 0 Å². The molecule has 19 heavy (non-hydrogen) atoms. The Kier molecular flexibility index (Phi) is 3.53. The number of nitrogens with two attached hydrogens (primary N) is 1. The molecule has 4 heteroatoms. The molecule has 1 heterocycles. The molecule has 2 aromatic rings. The summed E-state index contributed by atoms with van der Waals surface area (Å²) in [5.74, 6) is 1.51. The largest absolute Gasteiger partial charge is 0.441 e. The van der Waals surface area contributed by atoms with E-state index in [1.165, 1.54) is 18.4 Å². The first-order valence-electron chi connectivity index (χ1n) is 7.03. The second-order valence-electron chi connectivity index (χ2n) is 5.59. The lowest BCUT2D eigenvalue weighted by molar-refractivity contribution is 0.257. The number of oxazole rings is 1. The van der Waals surface area contributed by atoms with Crippen LogP contribution in [-0.4, -0.2) is 24.1 Å². The van der Waals surface area contributed by atoms with E-state index in [4.69, 9.17) is 10.2 Å². The normalized spacial score (nSPS) is 22.6. The van der Waals surface area contributed by atoms with Crippen LogP contribution in [0.15, 0.2) is 22.6 Å². The van der Waals surface area contributed by atoms with Crippen LogP contribution in [0.1, 0.15) is 24.3 Å².